The van der Waals surface area contributed by atoms with Crippen molar-refractivity contribution in [3.63, 3.8) is 0 Å². The molecule has 1 aromatic heterocycles. The third-order valence-corrected chi connectivity index (χ3v) is 6.50. The van der Waals surface area contributed by atoms with Crippen LogP contribution in [0, 0.1) is 11.7 Å². The lowest BCUT2D eigenvalue weighted by Gasteiger charge is -2.28. The number of nitrogens with one attached hydrogen (secondary N) is 2. The van der Waals surface area contributed by atoms with Gasteiger partial charge in [0.2, 0.25) is 0 Å². The van der Waals surface area contributed by atoms with E-state index in [0.717, 1.165) is 18.4 Å². The van der Waals surface area contributed by atoms with Crippen LogP contribution in [0.4, 0.5) is 4.39 Å². The Bertz CT molecular complexity index is 1100. The molecular formula is C25H28FN3O5. The van der Waals surface area contributed by atoms with Crippen LogP contribution in [0.1, 0.15) is 56.9 Å². The molecule has 3 heterocycles. The molecule has 2 atom stereocenters. The molecule has 2 aromatic rings. The van der Waals surface area contributed by atoms with Crippen LogP contribution in [-0.2, 0) is 17.6 Å². The summed E-state index contributed by atoms with van der Waals surface area (Å²) < 4.78 is 25.7. The Hall–Kier alpha value is -3.04. The lowest BCUT2D eigenvalue weighted by Crippen LogP contribution is -2.48. The van der Waals surface area contributed by atoms with Crippen molar-refractivity contribution in [1.82, 2.24) is 15.6 Å². The van der Waals surface area contributed by atoms with E-state index in [4.69, 9.17) is 9.47 Å². The van der Waals surface area contributed by atoms with Crippen LogP contribution in [-0.4, -0.2) is 60.4 Å². The number of benzene rings is 1. The predicted octanol–water partition coefficient (Wildman–Crippen LogP) is 1.77. The smallest absolute Gasteiger partial charge is 0.270 e. The van der Waals surface area contributed by atoms with E-state index >= 15 is 0 Å². The Kier molecular flexibility index (Phi) is 6.47. The molecule has 180 valence electrons. The highest BCUT2D eigenvalue weighted by molar-refractivity contribution is 5.94. The molecule has 1 aliphatic carbocycles. The second-order valence-corrected chi connectivity index (χ2v) is 9.20. The summed E-state index contributed by atoms with van der Waals surface area (Å²) in [5.74, 6) is -0.228. The minimum absolute atomic E-state index is 0.0238. The molecule has 34 heavy (non-hydrogen) atoms. The largest absolute Gasteiger partial charge is 0.491 e. The monoisotopic (exact) mass is 469 g/mol. The molecule has 2 amide bonds. The van der Waals surface area contributed by atoms with Crippen molar-refractivity contribution >= 4 is 11.8 Å². The van der Waals surface area contributed by atoms with E-state index in [1.807, 2.05) is 0 Å². The van der Waals surface area contributed by atoms with Crippen LogP contribution in [0.2, 0.25) is 0 Å². The van der Waals surface area contributed by atoms with Gasteiger partial charge in [-0.3, -0.25) is 9.59 Å². The van der Waals surface area contributed by atoms with Crippen molar-refractivity contribution in [2.75, 3.05) is 26.4 Å². The number of hydrogen-bond acceptors (Lipinski definition) is 6. The molecule has 1 aromatic carbocycles. The number of rotatable bonds is 7. The summed E-state index contributed by atoms with van der Waals surface area (Å²) >= 11 is 0. The van der Waals surface area contributed by atoms with Crippen molar-refractivity contribution in [2.24, 2.45) is 5.92 Å². The van der Waals surface area contributed by atoms with E-state index in [2.05, 4.69) is 15.6 Å². The first-order valence-corrected chi connectivity index (χ1v) is 11.8. The van der Waals surface area contributed by atoms with Crippen molar-refractivity contribution in [3.05, 3.63) is 58.2 Å². The number of pyridine rings is 1. The number of amides is 2. The number of carbonyl (C=O) groups is 2. The second-order valence-electron chi connectivity index (χ2n) is 9.20. The number of ether oxygens (including phenoxy) is 2. The number of aliphatic hydroxyl groups excluding tert-OH is 1. The number of fused-ring (bicyclic) bond motifs is 1. The predicted molar refractivity (Wildman–Crippen MR) is 120 cm³/mol. The maximum atomic E-state index is 14.7. The zero-order valence-electron chi connectivity index (χ0n) is 18.8. The summed E-state index contributed by atoms with van der Waals surface area (Å²) in [5, 5.41) is 15.7. The standard InChI is InChI=1S/C25H28FN3O5/c26-18-10-15(3-4-17(18)24(31)27-12-14-1-2-14)9-16-11-21(28-20-6-8-34-23(16)20)25(32)29-19-5-7-33-13-22(19)30/h3-4,10-11,14,19,22,30H,1-2,5-9,12-13H2,(H,27,31)(H,29,32)/t19-,22-/m0/s1. The fourth-order valence-corrected chi connectivity index (χ4v) is 4.35. The minimum Gasteiger partial charge on any atom is -0.491 e. The van der Waals surface area contributed by atoms with E-state index in [9.17, 15) is 19.1 Å². The summed E-state index contributed by atoms with van der Waals surface area (Å²) in [7, 11) is 0. The highest BCUT2D eigenvalue weighted by Crippen LogP contribution is 2.31. The van der Waals surface area contributed by atoms with E-state index < -0.39 is 23.9 Å². The van der Waals surface area contributed by atoms with Gasteiger partial charge in [0.15, 0.2) is 0 Å². The highest BCUT2D eigenvalue weighted by atomic mass is 19.1. The van der Waals surface area contributed by atoms with Crippen molar-refractivity contribution in [1.29, 1.82) is 0 Å². The number of hydrogen-bond donors (Lipinski definition) is 3. The summed E-state index contributed by atoms with van der Waals surface area (Å²) in [6.45, 7) is 1.70. The van der Waals surface area contributed by atoms with Gasteiger partial charge in [-0.05, 0) is 48.9 Å². The topological polar surface area (TPSA) is 110 Å². The van der Waals surface area contributed by atoms with E-state index in [1.165, 1.54) is 12.1 Å². The summed E-state index contributed by atoms with van der Waals surface area (Å²) in [6, 6.07) is 5.82. The molecule has 0 bridgehead atoms. The van der Waals surface area contributed by atoms with Gasteiger partial charge in [-0.15, -0.1) is 0 Å². The molecule has 5 rings (SSSR count). The van der Waals surface area contributed by atoms with Crippen molar-refractivity contribution in [2.45, 2.75) is 44.2 Å². The summed E-state index contributed by atoms with van der Waals surface area (Å²) in [4.78, 5) is 29.6. The van der Waals surface area contributed by atoms with Crippen molar-refractivity contribution < 1.29 is 28.6 Å². The molecule has 0 radical (unpaired) electrons. The Morgan fingerprint density at radius 3 is 2.76 bits per heavy atom. The quantitative estimate of drug-likeness (QED) is 0.570. The Morgan fingerprint density at radius 1 is 1.15 bits per heavy atom. The summed E-state index contributed by atoms with van der Waals surface area (Å²) in [6.07, 6.45) is 2.88. The molecule has 2 aliphatic heterocycles. The van der Waals surface area contributed by atoms with Gasteiger partial charge >= 0.3 is 0 Å². The Balaban J connectivity index is 1.33. The van der Waals surface area contributed by atoms with Gasteiger partial charge in [-0.25, -0.2) is 9.37 Å². The first-order chi connectivity index (χ1) is 16.5. The molecule has 8 nitrogen and oxygen atoms in total. The first kappa shape index (κ1) is 22.7. The average Bonchev–Trinajstić information content (AvgIpc) is 3.53. The van der Waals surface area contributed by atoms with Crippen LogP contribution in [0.3, 0.4) is 0 Å². The van der Waals surface area contributed by atoms with Crippen LogP contribution >= 0.6 is 0 Å². The van der Waals surface area contributed by atoms with Gasteiger partial charge in [0.05, 0.1) is 36.6 Å². The Labute approximate surface area is 196 Å². The Morgan fingerprint density at radius 2 is 2.00 bits per heavy atom. The number of halogens is 1. The summed E-state index contributed by atoms with van der Waals surface area (Å²) in [5.41, 5.74) is 2.33. The molecule has 0 unspecified atom stereocenters. The fourth-order valence-electron chi connectivity index (χ4n) is 4.35. The SMILES string of the molecule is O=C(N[C@H]1CCOC[C@@H]1O)c1cc(Cc2ccc(C(=O)NCC3CC3)c(F)c2)c2c(n1)CCO2. The van der Waals surface area contributed by atoms with E-state index in [0.29, 0.717) is 61.9 Å². The van der Waals surface area contributed by atoms with E-state index in [-0.39, 0.29) is 23.8 Å². The molecule has 0 spiro atoms. The first-order valence-electron chi connectivity index (χ1n) is 11.8. The second kappa shape index (κ2) is 9.68. The third kappa shape index (κ3) is 5.05. The molecule has 3 N–H and O–H groups in total. The van der Waals surface area contributed by atoms with Gasteiger partial charge in [0.1, 0.15) is 17.3 Å². The third-order valence-electron chi connectivity index (χ3n) is 6.50. The molecule has 3 aliphatic rings. The number of nitrogens with zero attached hydrogens (tertiary/aromatic N) is 1. The maximum Gasteiger partial charge on any atom is 0.270 e. The lowest BCUT2D eigenvalue weighted by atomic mass is 10.0. The number of aliphatic hydroxyl groups is 1. The molecule has 1 saturated heterocycles. The van der Waals surface area contributed by atoms with Crippen LogP contribution in [0.15, 0.2) is 24.3 Å². The van der Waals surface area contributed by atoms with E-state index in [1.54, 1.807) is 12.1 Å². The van der Waals surface area contributed by atoms with Gasteiger partial charge < -0.3 is 25.2 Å². The lowest BCUT2D eigenvalue weighted by molar-refractivity contribution is -0.0261. The normalized spacial score (nSPS) is 21.5. The molecule has 2 fully saturated rings. The maximum absolute atomic E-state index is 14.7. The fraction of sp³-hybridized carbons (Fsp3) is 0.480. The average molecular weight is 470 g/mol. The molecule has 9 heteroatoms. The highest BCUT2D eigenvalue weighted by Gasteiger charge is 2.28. The molecular weight excluding hydrogens is 441 g/mol. The zero-order valence-corrected chi connectivity index (χ0v) is 18.8. The van der Waals surface area contributed by atoms with Crippen LogP contribution < -0.4 is 15.4 Å². The zero-order chi connectivity index (χ0) is 23.7. The molecule has 1 saturated carbocycles. The minimum atomic E-state index is -0.766. The van der Waals surface area contributed by atoms with Gasteiger partial charge in [-0.1, -0.05) is 6.07 Å². The number of aromatic nitrogens is 1. The van der Waals surface area contributed by atoms with Crippen LogP contribution in [0.5, 0.6) is 5.75 Å². The van der Waals surface area contributed by atoms with Crippen LogP contribution in [0.25, 0.3) is 0 Å². The van der Waals surface area contributed by atoms with Gasteiger partial charge in [0, 0.05) is 31.6 Å². The number of carbonyl (C=O) groups excluding carboxylic acids is 2. The van der Waals surface area contributed by atoms with Gasteiger partial charge in [-0.2, -0.15) is 0 Å². The van der Waals surface area contributed by atoms with Crippen molar-refractivity contribution in [3.8, 4) is 5.75 Å². The van der Waals surface area contributed by atoms with Gasteiger partial charge in [0.25, 0.3) is 11.8 Å².